The molecule has 1 amide bonds. The Morgan fingerprint density at radius 1 is 1.00 bits per heavy atom. The number of nitrogens with one attached hydrogen (secondary N) is 1. The van der Waals surface area contributed by atoms with Crippen LogP contribution in [0.15, 0.2) is 42.5 Å². The number of hydrogen-bond acceptors (Lipinski definition) is 5. The van der Waals surface area contributed by atoms with Crippen LogP contribution in [0.4, 0.5) is 5.69 Å². The van der Waals surface area contributed by atoms with E-state index in [9.17, 15) is 9.59 Å². The van der Waals surface area contributed by atoms with Crippen LogP contribution in [0, 0.1) is 0 Å². The Morgan fingerprint density at radius 2 is 1.73 bits per heavy atom. The van der Waals surface area contributed by atoms with Crippen molar-refractivity contribution in [2.45, 2.75) is 19.8 Å². The predicted octanol–water partition coefficient (Wildman–Crippen LogP) is 3.46. The summed E-state index contributed by atoms with van der Waals surface area (Å²) < 4.78 is 16.3. The van der Waals surface area contributed by atoms with E-state index in [4.69, 9.17) is 14.2 Å². The molecule has 0 saturated carbocycles. The summed E-state index contributed by atoms with van der Waals surface area (Å²) >= 11 is 0. The van der Waals surface area contributed by atoms with E-state index in [0.717, 1.165) is 5.75 Å². The summed E-state index contributed by atoms with van der Waals surface area (Å²) in [4.78, 5) is 24.3. The average molecular weight is 355 g/mol. The Balaban J connectivity index is 1.51. The van der Waals surface area contributed by atoms with E-state index >= 15 is 0 Å². The first-order chi connectivity index (χ1) is 12.7. The largest absolute Gasteiger partial charge is 0.494 e. The van der Waals surface area contributed by atoms with Crippen molar-refractivity contribution in [3.8, 4) is 17.2 Å². The van der Waals surface area contributed by atoms with Gasteiger partial charge in [0.1, 0.15) is 19.0 Å². The number of carbonyl (C=O) groups is 2. The maximum absolute atomic E-state index is 12.2. The SMILES string of the molecule is CCOc1ccc(C(=O)CCC(=O)Nc2ccc3c(c2)OCCO3)cc1. The summed E-state index contributed by atoms with van der Waals surface area (Å²) in [7, 11) is 0. The number of hydrogen-bond donors (Lipinski definition) is 1. The highest BCUT2D eigenvalue weighted by atomic mass is 16.6. The topological polar surface area (TPSA) is 73.9 Å². The van der Waals surface area contributed by atoms with Gasteiger partial charge in [0.15, 0.2) is 17.3 Å². The van der Waals surface area contributed by atoms with Crippen molar-refractivity contribution in [2.75, 3.05) is 25.1 Å². The molecule has 1 N–H and O–H groups in total. The third-order valence-corrected chi connectivity index (χ3v) is 3.89. The van der Waals surface area contributed by atoms with Gasteiger partial charge in [-0.25, -0.2) is 0 Å². The molecule has 1 heterocycles. The van der Waals surface area contributed by atoms with Gasteiger partial charge >= 0.3 is 0 Å². The molecule has 136 valence electrons. The molecule has 2 aromatic rings. The Labute approximate surface area is 152 Å². The lowest BCUT2D eigenvalue weighted by Gasteiger charge is -2.19. The van der Waals surface area contributed by atoms with Crippen molar-refractivity contribution in [3.05, 3.63) is 48.0 Å². The van der Waals surface area contributed by atoms with Gasteiger partial charge in [0, 0.05) is 30.2 Å². The minimum Gasteiger partial charge on any atom is -0.494 e. The van der Waals surface area contributed by atoms with Crippen molar-refractivity contribution in [1.29, 1.82) is 0 Å². The molecule has 26 heavy (non-hydrogen) atoms. The minimum atomic E-state index is -0.221. The first-order valence-corrected chi connectivity index (χ1v) is 8.61. The number of Topliss-reactive ketones (excluding diaryl/α,β-unsaturated/α-hetero) is 1. The van der Waals surface area contributed by atoms with E-state index < -0.39 is 0 Å². The van der Waals surface area contributed by atoms with E-state index in [-0.39, 0.29) is 24.5 Å². The van der Waals surface area contributed by atoms with Gasteiger partial charge in [0.2, 0.25) is 5.91 Å². The smallest absolute Gasteiger partial charge is 0.224 e. The lowest BCUT2D eigenvalue weighted by Crippen LogP contribution is -2.16. The molecular weight excluding hydrogens is 334 g/mol. The van der Waals surface area contributed by atoms with Crippen LogP contribution in [-0.4, -0.2) is 31.5 Å². The van der Waals surface area contributed by atoms with Crippen LogP contribution in [0.1, 0.15) is 30.1 Å². The van der Waals surface area contributed by atoms with Crippen LogP contribution in [0.3, 0.4) is 0 Å². The Morgan fingerprint density at radius 3 is 2.46 bits per heavy atom. The standard InChI is InChI=1S/C20H21NO5/c1-2-24-16-6-3-14(4-7-16)17(22)8-10-20(23)21-15-5-9-18-19(13-15)26-12-11-25-18/h3-7,9,13H,2,8,10-12H2,1H3,(H,21,23). The van der Waals surface area contributed by atoms with Crippen LogP contribution in [0.25, 0.3) is 0 Å². The highest BCUT2D eigenvalue weighted by Gasteiger charge is 2.14. The molecule has 0 aliphatic carbocycles. The zero-order valence-electron chi connectivity index (χ0n) is 14.6. The number of amides is 1. The fourth-order valence-corrected chi connectivity index (χ4v) is 2.62. The Bertz CT molecular complexity index is 785. The van der Waals surface area contributed by atoms with Gasteiger partial charge in [0.05, 0.1) is 6.61 Å². The van der Waals surface area contributed by atoms with Gasteiger partial charge in [-0.1, -0.05) is 0 Å². The van der Waals surface area contributed by atoms with E-state index in [1.807, 2.05) is 6.92 Å². The quantitative estimate of drug-likeness (QED) is 0.770. The van der Waals surface area contributed by atoms with Gasteiger partial charge in [-0.2, -0.15) is 0 Å². The normalized spacial score (nSPS) is 12.3. The summed E-state index contributed by atoms with van der Waals surface area (Å²) in [6.07, 6.45) is 0.255. The fourth-order valence-electron chi connectivity index (χ4n) is 2.62. The molecule has 6 heteroatoms. The van der Waals surface area contributed by atoms with Crippen molar-refractivity contribution in [1.82, 2.24) is 0 Å². The van der Waals surface area contributed by atoms with Gasteiger partial charge in [-0.3, -0.25) is 9.59 Å². The molecule has 0 spiro atoms. The average Bonchev–Trinajstić information content (AvgIpc) is 2.67. The number of rotatable bonds is 7. The maximum Gasteiger partial charge on any atom is 0.224 e. The molecular formula is C20H21NO5. The number of anilines is 1. The fraction of sp³-hybridized carbons (Fsp3) is 0.300. The zero-order chi connectivity index (χ0) is 18.4. The van der Waals surface area contributed by atoms with Gasteiger partial charge < -0.3 is 19.5 Å². The zero-order valence-corrected chi connectivity index (χ0v) is 14.6. The molecule has 3 rings (SSSR count). The first kappa shape index (κ1) is 17.8. The second-order valence-corrected chi connectivity index (χ2v) is 5.79. The number of ether oxygens (including phenoxy) is 3. The molecule has 0 aromatic heterocycles. The van der Waals surface area contributed by atoms with Crippen molar-refractivity contribution in [3.63, 3.8) is 0 Å². The molecule has 1 aliphatic heterocycles. The molecule has 0 bridgehead atoms. The van der Waals surface area contributed by atoms with E-state index in [0.29, 0.717) is 42.6 Å². The summed E-state index contributed by atoms with van der Waals surface area (Å²) in [6.45, 7) is 3.49. The summed E-state index contributed by atoms with van der Waals surface area (Å²) in [5, 5.41) is 2.78. The van der Waals surface area contributed by atoms with Crippen molar-refractivity contribution < 1.29 is 23.8 Å². The van der Waals surface area contributed by atoms with Gasteiger partial charge in [-0.05, 0) is 43.3 Å². The third-order valence-electron chi connectivity index (χ3n) is 3.89. The summed E-state index contributed by atoms with van der Waals surface area (Å²) in [6, 6.07) is 12.2. The monoisotopic (exact) mass is 355 g/mol. The Kier molecular flexibility index (Phi) is 5.73. The number of carbonyl (C=O) groups excluding carboxylic acids is 2. The number of fused-ring (bicyclic) bond motifs is 1. The highest BCUT2D eigenvalue weighted by molar-refractivity contribution is 6.00. The minimum absolute atomic E-state index is 0.0784. The van der Waals surface area contributed by atoms with E-state index in [1.165, 1.54) is 0 Å². The molecule has 0 radical (unpaired) electrons. The number of ketones is 1. The molecule has 0 unspecified atom stereocenters. The van der Waals surface area contributed by atoms with Crippen LogP contribution < -0.4 is 19.5 Å². The molecule has 0 fully saturated rings. The van der Waals surface area contributed by atoms with Crippen LogP contribution >= 0.6 is 0 Å². The molecule has 1 aliphatic rings. The molecule has 0 atom stereocenters. The van der Waals surface area contributed by atoms with Gasteiger partial charge in [-0.15, -0.1) is 0 Å². The first-order valence-electron chi connectivity index (χ1n) is 8.61. The van der Waals surface area contributed by atoms with Crippen LogP contribution in [0.5, 0.6) is 17.2 Å². The van der Waals surface area contributed by atoms with Crippen LogP contribution in [0.2, 0.25) is 0 Å². The molecule has 2 aromatic carbocycles. The molecule has 6 nitrogen and oxygen atoms in total. The van der Waals surface area contributed by atoms with Crippen LogP contribution in [-0.2, 0) is 4.79 Å². The van der Waals surface area contributed by atoms with E-state index in [1.54, 1.807) is 42.5 Å². The summed E-state index contributed by atoms with van der Waals surface area (Å²) in [5.74, 6) is 1.70. The summed E-state index contributed by atoms with van der Waals surface area (Å²) in [5.41, 5.74) is 1.19. The number of benzene rings is 2. The highest BCUT2D eigenvalue weighted by Crippen LogP contribution is 2.32. The van der Waals surface area contributed by atoms with Gasteiger partial charge in [0.25, 0.3) is 0 Å². The maximum atomic E-state index is 12.2. The van der Waals surface area contributed by atoms with Crippen molar-refractivity contribution >= 4 is 17.4 Å². The second kappa shape index (κ2) is 8.38. The lowest BCUT2D eigenvalue weighted by atomic mass is 10.1. The lowest BCUT2D eigenvalue weighted by molar-refractivity contribution is -0.116. The van der Waals surface area contributed by atoms with Crippen molar-refractivity contribution in [2.24, 2.45) is 0 Å². The predicted molar refractivity (Wildman–Crippen MR) is 97.2 cm³/mol. The Hall–Kier alpha value is -3.02. The second-order valence-electron chi connectivity index (χ2n) is 5.79. The van der Waals surface area contributed by atoms with E-state index in [2.05, 4.69) is 5.32 Å². The molecule has 0 saturated heterocycles. The third kappa shape index (κ3) is 4.53.